The number of halogens is 1. The lowest BCUT2D eigenvalue weighted by molar-refractivity contribution is -0.120. The van der Waals surface area contributed by atoms with E-state index < -0.39 is 0 Å². The number of methoxy groups -OCH3 is 1. The Bertz CT molecular complexity index is 385. The maximum atomic E-state index is 13.0. The van der Waals surface area contributed by atoms with E-state index in [9.17, 15) is 9.18 Å². The lowest BCUT2D eigenvalue weighted by atomic mass is 10.1. The molecule has 0 aliphatic heterocycles. The zero-order valence-corrected chi connectivity index (χ0v) is 10.7. The van der Waals surface area contributed by atoms with E-state index in [1.54, 1.807) is 19.2 Å². The molecule has 0 aliphatic carbocycles. The summed E-state index contributed by atoms with van der Waals surface area (Å²) in [7, 11) is 1.60. The molecule has 1 rings (SSSR count). The molecule has 0 bridgehead atoms. The van der Waals surface area contributed by atoms with Crippen LogP contribution in [0.1, 0.15) is 18.5 Å². The number of carbonyl (C=O) groups is 1. The molecule has 0 radical (unpaired) electrons. The zero-order valence-electron chi connectivity index (χ0n) is 10.7. The van der Waals surface area contributed by atoms with E-state index in [0.717, 1.165) is 5.56 Å². The van der Waals surface area contributed by atoms with Crippen LogP contribution in [-0.4, -0.2) is 32.7 Å². The monoisotopic (exact) mass is 254 g/mol. The van der Waals surface area contributed by atoms with Crippen LogP contribution in [0.25, 0.3) is 0 Å². The molecule has 0 heterocycles. The van der Waals surface area contributed by atoms with Gasteiger partial charge in [-0.15, -0.1) is 0 Å². The van der Waals surface area contributed by atoms with Crippen LogP contribution in [0.2, 0.25) is 0 Å². The highest BCUT2D eigenvalue weighted by atomic mass is 19.1. The van der Waals surface area contributed by atoms with Crippen LogP contribution in [0.15, 0.2) is 24.3 Å². The second-order valence-corrected chi connectivity index (χ2v) is 4.01. The first kappa shape index (κ1) is 14.6. The lowest BCUT2D eigenvalue weighted by Crippen LogP contribution is -2.36. The molecule has 18 heavy (non-hydrogen) atoms. The van der Waals surface area contributed by atoms with Gasteiger partial charge in [0.25, 0.3) is 0 Å². The van der Waals surface area contributed by atoms with Crippen molar-refractivity contribution in [2.75, 3.05) is 26.8 Å². The SMILES string of the molecule is COCCNCC(=O)N[C@H](C)c1cccc(F)c1. The molecule has 4 nitrogen and oxygen atoms in total. The van der Waals surface area contributed by atoms with Crippen LogP contribution >= 0.6 is 0 Å². The first-order chi connectivity index (χ1) is 8.63. The van der Waals surface area contributed by atoms with Crippen LogP contribution in [0.5, 0.6) is 0 Å². The Balaban J connectivity index is 2.35. The summed E-state index contributed by atoms with van der Waals surface area (Å²) in [4.78, 5) is 11.6. The first-order valence-corrected chi connectivity index (χ1v) is 5.88. The molecular weight excluding hydrogens is 235 g/mol. The Kier molecular flexibility index (Phi) is 6.32. The molecule has 0 fully saturated rings. The third kappa shape index (κ3) is 5.25. The van der Waals surface area contributed by atoms with Crippen LogP contribution in [0.3, 0.4) is 0 Å². The molecule has 1 atom stereocenters. The topological polar surface area (TPSA) is 50.4 Å². The van der Waals surface area contributed by atoms with Gasteiger partial charge >= 0.3 is 0 Å². The molecule has 100 valence electrons. The summed E-state index contributed by atoms with van der Waals surface area (Å²) in [5.74, 6) is -0.422. The third-order valence-electron chi connectivity index (χ3n) is 2.49. The number of ether oxygens (including phenoxy) is 1. The smallest absolute Gasteiger partial charge is 0.234 e. The van der Waals surface area contributed by atoms with Gasteiger partial charge in [-0.2, -0.15) is 0 Å². The van der Waals surface area contributed by atoms with E-state index in [4.69, 9.17) is 4.74 Å². The number of rotatable bonds is 7. The Morgan fingerprint density at radius 1 is 1.50 bits per heavy atom. The fourth-order valence-corrected chi connectivity index (χ4v) is 1.53. The Morgan fingerprint density at radius 3 is 2.94 bits per heavy atom. The molecule has 0 aliphatic rings. The van der Waals surface area contributed by atoms with Crippen molar-refractivity contribution < 1.29 is 13.9 Å². The average molecular weight is 254 g/mol. The highest BCUT2D eigenvalue weighted by Gasteiger charge is 2.09. The van der Waals surface area contributed by atoms with E-state index in [1.165, 1.54) is 12.1 Å². The van der Waals surface area contributed by atoms with E-state index in [1.807, 2.05) is 6.92 Å². The highest BCUT2D eigenvalue weighted by Crippen LogP contribution is 2.12. The van der Waals surface area contributed by atoms with Crippen molar-refractivity contribution in [2.45, 2.75) is 13.0 Å². The molecule has 0 spiro atoms. The predicted molar refractivity (Wildman–Crippen MR) is 67.7 cm³/mol. The van der Waals surface area contributed by atoms with Crippen molar-refractivity contribution in [3.63, 3.8) is 0 Å². The highest BCUT2D eigenvalue weighted by molar-refractivity contribution is 5.78. The summed E-state index contributed by atoms with van der Waals surface area (Å²) in [6.45, 7) is 3.23. The maximum Gasteiger partial charge on any atom is 0.234 e. The molecule has 5 heteroatoms. The molecular formula is C13H19FN2O2. The molecule has 1 aromatic rings. The number of hydrogen-bond acceptors (Lipinski definition) is 3. The molecule has 2 N–H and O–H groups in total. The normalized spacial score (nSPS) is 12.2. The van der Waals surface area contributed by atoms with Crippen molar-refractivity contribution in [1.29, 1.82) is 0 Å². The van der Waals surface area contributed by atoms with Gasteiger partial charge in [-0.1, -0.05) is 12.1 Å². The minimum Gasteiger partial charge on any atom is -0.383 e. The number of amides is 1. The van der Waals surface area contributed by atoms with Crippen molar-refractivity contribution in [1.82, 2.24) is 10.6 Å². The summed E-state index contributed by atoms with van der Waals surface area (Å²) < 4.78 is 17.9. The van der Waals surface area contributed by atoms with Crippen molar-refractivity contribution >= 4 is 5.91 Å². The van der Waals surface area contributed by atoms with Crippen molar-refractivity contribution in [2.24, 2.45) is 0 Å². The van der Waals surface area contributed by atoms with E-state index in [0.29, 0.717) is 13.2 Å². The quantitative estimate of drug-likeness (QED) is 0.720. The maximum absolute atomic E-state index is 13.0. The Hall–Kier alpha value is -1.46. The van der Waals surface area contributed by atoms with Crippen molar-refractivity contribution in [3.8, 4) is 0 Å². The van der Waals surface area contributed by atoms with E-state index >= 15 is 0 Å². The standard InChI is InChI=1S/C13H19FN2O2/c1-10(11-4-3-5-12(14)8-11)16-13(17)9-15-6-7-18-2/h3-5,8,10,15H,6-7,9H2,1-2H3,(H,16,17)/t10-/m1/s1. The van der Waals surface area contributed by atoms with Crippen molar-refractivity contribution in [3.05, 3.63) is 35.6 Å². The number of benzene rings is 1. The minimum absolute atomic E-state index is 0.122. The fraction of sp³-hybridized carbons (Fsp3) is 0.462. The second kappa shape index (κ2) is 7.79. The van der Waals surface area contributed by atoms with Gasteiger partial charge in [-0.25, -0.2) is 4.39 Å². The molecule has 1 amide bonds. The number of carbonyl (C=O) groups excluding carboxylic acids is 1. The van der Waals surface area contributed by atoms with Gasteiger partial charge in [0.15, 0.2) is 0 Å². The van der Waals surface area contributed by atoms with Crippen LogP contribution < -0.4 is 10.6 Å². The Morgan fingerprint density at radius 2 is 2.28 bits per heavy atom. The molecule has 0 saturated carbocycles. The van der Waals surface area contributed by atoms with Gasteiger partial charge in [0, 0.05) is 13.7 Å². The zero-order chi connectivity index (χ0) is 13.4. The predicted octanol–water partition coefficient (Wildman–Crippen LogP) is 1.24. The summed E-state index contributed by atoms with van der Waals surface area (Å²) in [5, 5.41) is 5.73. The fourth-order valence-electron chi connectivity index (χ4n) is 1.53. The van der Waals surface area contributed by atoms with Gasteiger partial charge in [0.1, 0.15) is 5.82 Å². The third-order valence-corrected chi connectivity index (χ3v) is 2.49. The second-order valence-electron chi connectivity index (χ2n) is 4.01. The molecule has 0 aromatic heterocycles. The van der Waals surface area contributed by atoms with Crippen LogP contribution in [-0.2, 0) is 9.53 Å². The molecule has 0 saturated heterocycles. The lowest BCUT2D eigenvalue weighted by Gasteiger charge is -2.14. The first-order valence-electron chi connectivity index (χ1n) is 5.88. The van der Waals surface area contributed by atoms with E-state index in [-0.39, 0.29) is 24.3 Å². The summed E-state index contributed by atoms with van der Waals surface area (Å²) in [6.07, 6.45) is 0. The van der Waals surface area contributed by atoms with E-state index in [2.05, 4.69) is 10.6 Å². The van der Waals surface area contributed by atoms with Gasteiger partial charge < -0.3 is 15.4 Å². The van der Waals surface area contributed by atoms with Gasteiger partial charge in [-0.3, -0.25) is 4.79 Å². The molecule has 1 aromatic carbocycles. The van der Waals surface area contributed by atoms with Gasteiger partial charge in [-0.05, 0) is 24.6 Å². The van der Waals surface area contributed by atoms with Gasteiger partial charge in [0.05, 0.1) is 19.2 Å². The number of hydrogen-bond donors (Lipinski definition) is 2. The average Bonchev–Trinajstić information content (AvgIpc) is 2.34. The summed E-state index contributed by atoms with van der Waals surface area (Å²) in [6, 6.07) is 6.00. The van der Waals surface area contributed by atoms with Gasteiger partial charge in [0.2, 0.25) is 5.91 Å². The van der Waals surface area contributed by atoms with Crippen LogP contribution in [0, 0.1) is 5.82 Å². The molecule has 0 unspecified atom stereocenters. The summed E-state index contributed by atoms with van der Waals surface area (Å²) >= 11 is 0. The number of nitrogens with one attached hydrogen (secondary N) is 2. The van der Waals surface area contributed by atoms with Crippen LogP contribution in [0.4, 0.5) is 4.39 Å². The largest absolute Gasteiger partial charge is 0.383 e. The minimum atomic E-state index is -0.299. The Labute approximate surface area is 107 Å². The summed E-state index contributed by atoms with van der Waals surface area (Å²) in [5.41, 5.74) is 0.750.